The van der Waals surface area contributed by atoms with Gasteiger partial charge in [0.1, 0.15) is 5.60 Å². The van der Waals surface area contributed by atoms with Gasteiger partial charge in [-0.15, -0.1) is 0 Å². The highest BCUT2D eigenvalue weighted by atomic mass is 16.6. The average molecular weight is 682 g/mol. The molecule has 50 heavy (non-hydrogen) atoms. The molecule has 6 rings (SSSR count). The molecule has 2 aliphatic heterocycles. The van der Waals surface area contributed by atoms with Crippen LogP contribution in [0, 0.1) is 19.8 Å². The summed E-state index contributed by atoms with van der Waals surface area (Å²) in [6, 6.07) is 16.9. The molecular formula is C39H51N7O4. The van der Waals surface area contributed by atoms with Crippen LogP contribution in [0.25, 0.3) is 16.7 Å². The molecule has 266 valence electrons. The normalized spacial score (nSPS) is 17.7. The van der Waals surface area contributed by atoms with E-state index in [0.29, 0.717) is 32.1 Å². The second-order valence-electron chi connectivity index (χ2n) is 14.9. The number of hydrogen-bond acceptors (Lipinski definition) is 9. The first-order chi connectivity index (χ1) is 23.9. The smallest absolute Gasteiger partial charge is 0.410 e. The van der Waals surface area contributed by atoms with Crippen LogP contribution in [0.1, 0.15) is 68.6 Å². The molecule has 5 heterocycles. The lowest BCUT2D eigenvalue weighted by atomic mass is 9.93. The predicted molar refractivity (Wildman–Crippen MR) is 195 cm³/mol. The summed E-state index contributed by atoms with van der Waals surface area (Å²) in [6.07, 6.45) is 4.92. The molecule has 0 N–H and O–H groups in total. The van der Waals surface area contributed by atoms with Crippen LogP contribution in [0.15, 0.2) is 54.7 Å². The van der Waals surface area contributed by atoms with E-state index in [-0.39, 0.29) is 24.4 Å². The maximum absolute atomic E-state index is 12.9. The van der Waals surface area contributed by atoms with Crippen LogP contribution < -0.4 is 4.90 Å². The van der Waals surface area contributed by atoms with Crippen molar-refractivity contribution in [1.29, 1.82) is 0 Å². The number of carbonyl (C=O) groups excluding carboxylic acids is 2. The number of methoxy groups -OCH3 is 1. The number of rotatable bonds is 10. The Morgan fingerprint density at radius 3 is 2.48 bits per heavy atom. The number of fused-ring (bicyclic) bond motifs is 1. The molecule has 2 fully saturated rings. The molecular weight excluding hydrogens is 630 g/mol. The topological polar surface area (TPSA) is 106 Å². The first-order valence-electron chi connectivity index (χ1n) is 17.9. The number of ether oxygens (including phenoxy) is 2. The van der Waals surface area contributed by atoms with Crippen LogP contribution in [-0.4, -0.2) is 100 Å². The number of anilines is 1. The van der Waals surface area contributed by atoms with Crippen molar-refractivity contribution in [2.45, 2.75) is 71.8 Å². The monoisotopic (exact) mass is 681 g/mol. The Bertz CT molecular complexity index is 1810. The SMILES string of the molecule is COC(=O)C[C@H](CN1CC[C@@H](CCc2ccc3cccnc3n2)C1)c1cc(N2CCN(C(=O)OC(C)(C)C)CC2)cc(-n2nc(C)cc2C)c1. The van der Waals surface area contributed by atoms with E-state index in [1.807, 2.05) is 44.5 Å². The highest BCUT2D eigenvalue weighted by Crippen LogP contribution is 2.32. The maximum Gasteiger partial charge on any atom is 0.410 e. The first-order valence-corrected chi connectivity index (χ1v) is 17.9. The van der Waals surface area contributed by atoms with E-state index in [1.54, 1.807) is 11.1 Å². The number of benzene rings is 1. The predicted octanol–water partition coefficient (Wildman–Crippen LogP) is 6.09. The van der Waals surface area contributed by atoms with Crippen LogP contribution in [0.4, 0.5) is 10.5 Å². The molecule has 4 aromatic rings. The van der Waals surface area contributed by atoms with Gasteiger partial charge >= 0.3 is 12.1 Å². The van der Waals surface area contributed by atoms with Crippen molar-refractivity contribution in [2.75, 3.05) is 57.8 Å². The summed E-state index contributed by atoms with van der Waals surface area (Å²) in [5.74, 6) is 0.284. The zero-order chi connectivity index (χ0) is 35.4. The quantitative estimate of drug-likeness (QED) is 0.184. The Morgan fingerprint density at radius 1 is 0.980 bits per heavy atom. The van der Waals surface area contributed by atoms with Gasteiger partial charge in [-0.2, -0.15) is 5.10 Å². The Balaban J connectivity index is 1.19. The van der Waals surface area contributed by atoms with Crippen LogP contribution in [-0.2, 0) is 20.7 Å². The van der Waals surface area contributed by atoms with Crippen LogP contribution in [0.2, 0.25) is 0 Å². The number of piperazine rings is 1. The summed E-state index contributed by atoms with van der Waals surface area (Å²) in [5.41, 5.74) is 6.45. The highest BCUT2D eigenvalue weighted by molar-refractivity contribution is 5.74. The van der Waals surface area contributed by atoms with Gasteiger partial charge < -0.3 is 24.2 Å². The number of amides is 1. The largest absolute Gasteiger partial charge is 0.469 e. The molecule has 2 saturated heterocycles. The number of esters is 1. The minimum Gasteiger partial charge on any atom is -0.469 e. The van der Waals surface area contributed by atoms with E-state index in [9.17, 15) is 9.59 Å². The van der Waals surface area contributed by atoms with Crippen molar-refractivity contribution >= 4 is 28.8 Å². The second-order valence-corrected chi connectivity index (χ2v) is 14.9. The van der Waals surface area contributed by atoms with Crippen molar-refractivity contribution < 1.29 is 19.1 Å². The van der Waals surface area contributed by atoms with Gasteiger partial charge in [-0.05, 0) is 120 Å². The number of hydrogen-bond donors (Lipinski definition) is 0. The number of aryl methyl sites for hydroxylation is 3. The lowest BCUT2D eigenvalue weighted by Crippen LogP contribution is -2.50. The molecule has 11 heteroatoms. The number of carbonyl (C=O) groups is 2. The van der Waals surface area contributed by atoms with E-state index in [2.05, 4.69) is 58.1 Å². The van der Waals surface area contributed by atoms with E-state index in [0.717, 1.165) is 84.0 Å². The van der Waals surface area contributed by atoms with Crippen LogP contribution in [0.3, 0.4) is 0 Å². The van der Waals surface area contributed by atoms with E-state index >= 15 is 0 Å². The highest BCUT2D eigenvalue weighted by Gasteiger charge is 2.30. The Labute approximate surface area is 295 Å². The number of likely N-dealkylation sites (tertiary alicyclic amines) is 1. The summed E-state index contributed by atoms with van der Waals surface area (Å²) in [6.45, 7) is 15.0. The molecule has 2 aliphatic rings. The zero-order valence-electron chi connectivity index (χ0n) is 30.4. The maximum atomic E-state index is 12.9. The third kappa shape index (κ3) is 8.79. The van der Waals surface area contributed by atoms with Gasteiger partial charge in [-0.3, -0.25) is 4.79 Å². The molecule has 0 spiro atoms. The number of nitrogens with zero attached hydrogens (tertiary/aromatic N) is 7. The molecule has 3 aromatic heterocycles. The lowest BCUT2D eigenvalue weighted by molar-refractivity contribution is -0.141. The fourth-order valence-corrected chi connectivity index (χ4v) is 7.20. The van der Waals surface area contributed by atoms with Gasteiger partial charge in [-0.1, -0.05) is 0 Å². The first kappa shape index (κ1) is 35.3. The van der Waals surface area contributed by atoms with Crippen molar-refractivity contribution in [3.63, 3.8) is 0 Å². The third-order valence-corrected chi connectivity index (χ3v) is 9.77. The molecule has 0 unspecified atom stereocenters. The Hall–Kier alpha value is -4.51. The van der Waals surface area contributed by atoms with E-state index in [4.69, 9.17) is 19.6 Å². The Morgan fingerprint density at radius 2 is 1.76 bits per heavy atom. The molecule has 0 radical (unpaired) electrons. The molecule has 11 nitrogen and oxygen atoms in total. The van der Waals surface area contributed by atoms with Gasteiger partial charge in [0.2, 0.25) is 0 Å². The fourth-order valence-electron chi connectivity index (χ4n) is 7.20. The third-order valence-electron chi connectivity index (χ3n) is 9.77. The number of aromatic nitrogens is 4. The molecule has 0 bridgehead atoms. The minimum absolute atomic E-state index is 0.0619. The van der Waals surface area contributed by atoms with Gasteiger partial charge in [0.15, 0.2) is 5.65 Å². The standard InChI is InChI=1S/C39H51N7O4/c1-27-20-28(2)46(42-27)35-22-31(21-34(24-35)44-16-18-45(19-17-44)38(48)50-39(3,4)5)32(23-36(47)49-6)26-43-15-13-29(25-43)9-11-33-12-10-30-8-7-14-40-37(30)41-33/h7-8,10,12,14,20-22,24,29,32H,9,11,13,15-19,23,25-26H2,1-6H3/t29-,32-/m1/s1. The summed E-state index contributed by atoms with van der Waals surface area (Å²) < 4.78 is 12.8. The van der Waals surface area contributed by atoms with E-state index < -0.39 is 5.60 Å². The minimum atomic E-state index is -0.534. The summed E-state index contributed by atoms with van der Waals surface area (Å²) >= 11 is 0. The average Bonchev–Trinajstić information content (AvgIpc) is 3.70. The van der Waals surface area contributed by atoms with Crippen molar-refractivity contribution in [3.05, 3.63) is 77.4 Å². The number of pyridine rings is 2. The van der Waals surface area contributed by atoms with Crippen molar-refractivity contribution in [2.24, 2.45) is 5.92 Å². The lowest BCUT2D eigenvalue weighted by Gasteiger charge is -2.37. The van der Waals surface area contributed by atoms with Crippen molar-refractivity contribution in [1.82, 2.24) is 29.5 Å². The summed E-state index contributed by atoms with van der Waals surface area (Å²) in [7, 11) is 1.46. The fraction of sp³-hybridized carbons (Fsp3) is 0.513. The van der Waals surface area contributed by atoms with Gasteiger partial charge in [0.25, 0.3) is 0 Å². The van der Waals surface area contributed by atoms with Gasteiger partial charge in [-0.25, -0.2) is 19.4 Å². The molecule has 0 saturated carbocycles. The van der Waals surface area contributed by atoms with Crippen molar-refractivity contribution in [3.8, 4) is 5.69 Å². The zero-order valence-corrected chi connectivity index (χ0v) is 30.4. The second kappa shape index (κ2) is 15.2. The van der Waals surface area contributed by atoms with Gasteiger partial charge in [0, 0.05) is 73.8 Å². The van der Waals surface area contributed by atoms with Crippen LogP contribution >= 0.6 is 0 Å². The van der Waals surface area contributed by atoms with E-state index in [1.165, 1.54) is 7.11 Å². The summed E-state index contributed by atoms with van der Waals surface area (Å²) in [4.78, 5) is 41.4. The van der Waals surface area contributed by atoms with Gasteiger partial charge in [0.05, 0.1) is 24.9 Å². The van der Waals surface area contributed by atoms with Crippen LogP contribution in [0.5, 0.6) is 0 Å². The molecule has 0 aliphatic carbocycles. The molecule has 2 atom stereocenters. The molecule has 1 amide bonds. The summed E-state index contributed by atoms with van der Waals surface area (Å²) in [5, 5.41) is 5.87. The molecule has 1 aromatic carbocycles. The Kier molecular flexibility index (Phi) is 10.7.